The maximum atomic E-state index is 13.2. The zero-order valence-corrected chi connectivity index (χ0v) is 18.9. The van der Waals surface area contributed by atoms with E-state index in [0.29, 0.717) is 45.0 Å². The minimum atomic E-state index is -1.22. The van der Waals surface area contributed by atoms with Crippen LogP contribution in [0.5, 0.6) is 0 Å². The second-order valence-corrected chi connectivity index (χ2v) is 7.95. The molecule has 8 heteroatoms. The van der Waals surface area contributed by atoms with E-state index in [0.717, 1.165) is 11.3 Å². The van der Waals surface area contributed by atoms with Crippen molar-refractivity contribution in [2.24, 2.45) is 0 Å². The third-order valence-electron chi connectivity index (χ3n) is 4.46. The standard InChI is InChI=1S/C22H28Cl2N2O4/c1-3-29-13-7-12-25(22(28)21(23)24)16-20(27)26(14-18-8-5-4-6-9-18)15-19-11-10-17(2)30-19/h4-6,8-11,21H,3,7,12-16H2,1-2H3. The first-order valence-corrected chi connectivity index (χ1v) is 10.8. The van der Waals surface area contributed by atoms with Crippen LogP contribution in [0, 0.1) is 6.92 Å². The summed E-state index contributed by atoms with van der Waals surface area (Å²) in [7, 11) is 0. The van der Waals surface area contributed by atoms with Gasteiger partial charge in [0, 0.05) is 26.3 Å². The van der Waals surface area contributed by atoms with Crippen molar-refractivity contribution >= 4 is 35.0 Å². The Labute approximate surface area is 187 Å². The van der Waals surface area contributed by atoms with Gasteiger partial charge in [-0.3, -0.25) is 9.59 Å². The van der Waals surface area contributed by atoms with Crippen LogP contribution < -0.4 is 0 Å². The van der Waals surface area contributed by atoms with Crippen LogP contribution in [-0.2, 0) is 27.4 Å². The number of furan rings is 1. The molecule has 2 amide bonds. The average Bonchev–Trinajstić information content (AvgIpc) is 3.14. The number of carbonyl (C=O) groups excluding carboxylic acids is 2. The minimum Gasteiger partial charge on any atom is -0.464 e. The molecule has 0 aliphatic carbocycles. The van der Waals surface area contributed by atoms with Crippen LogP contribution in [0.2, 0.25) is 0 Å². The Kier molecular flexibility index (Phi) is 10.2. The van der Waals surface area contributed by atoms with Gasteiger partial charge in [0.25, 0.3) is 5.91 Å². The van der Waals surface area contributed by atoms with E-state index in [1.165, 1.54) is 4.90 Å². The van der Waals surface area contributed by atoms with Gasteiger partial charge in [0.1, 0.15) is 11.5 Å². The number of alkyl halides is 2. The Bertz CT molecular complexity index is 795. The van der Waals surface area contributed by atoms with Gasteiger partial charge in [0.2, 0.25) is 5.91 Å². The molecule has 0 radical (unpaired) electrons. The van der Waals surface area contributed by atoms with Gasteiger partial charge in [-0.15, -0.1) is 0 Å². The molecule has 0 N–H and O–H groups in total. The smallest absolute Gasteiger partial charge is 0.256 e. The van der Waals surface area contributed by atoms with Crippen LogP contribution in [0.4, 0.5) is 0 Å². The maximum Gasteiger partial charge on any atom is 0.256 e. The molecule has 0 spiro atoms. The minimum absolute atomic E-state index is 0.118. The van der Waals surface area contributed by atoms with Gasteiger partial charge in [0.15, 0.2) is 4.84 Å². The van der Waals surface area contributed by atoms with E-state index in [-0.39, 0.29) is 12.5 Å². The van der Waals surface area contributed by atoms with Crippen molar-refractivity contribution in [1.29, 1.82) is 0 Å². The molecule has 164 valence electrons. The highest BCUT2D eigenvalue weighted by Crippen LogP contribution is 2.15. The molecule has 2 rings (SSSR count). The molecule has 0 aliphatic heterocycles. The lowest BCUT2D eigenvalue weighted by molar-refractivity contribution is -0.140. The molecule has 2 aromatic rings. The molecule has 6 nitrogen and oxygen atoms in total. The van der Waals surface area contributed by atoms with Crippen LogP contribution in [-0.4, -0.2) is 52.8 Å². The second kappa shape index (κ2) is 12.6. The Balaban J connectivity index is 2.12. The molecule has 0 unspecified atom stereocenters. The fraction of sp³-hybridized carbons (Fsp3) is 0.455. The van der Waals surface area contributed by atoms with Crippen molar-refractivity contribution in [3.8, 4) is 0 Å². The highest BCUT2D eigenvalue weighted by Gasteiger charge is 2.25. The van der Waals surface area contributed by atoms with E-state index in [9.17, 15) is 9.59 Å². The van der Waals surface area contributed by atoms with Crippen LogP contribution in [0.1, 0.15) is 30.4 Å². The number of amides is 2. The molecule has 30 heavy (non-hydrogen) atoms. The van der Waals surface area contributed by atoms with Gasteiger partial charge in [0.05, 0.1) is 13.1 Å². The summed E-state index contributed by atoms with van der Waals surface area (Å²) in [5, 5.41) is 0. The summed E-state index contributed by atoms with van der Waals surface area (Å²) >= 11 is 11.6. The maximum absolute atomic E-state index is 13.2. The summed E-state index contributed by atoms with van der Waals surface area (Å²) in [6, 6.07) is 13.4. The number of ether oxygens (including phenoxy) is 1. The van der Waals surface area contributed by atoms with Gasteiger partial charge in [-0.1, -0.05) is 53.5 Å². The summed E-state index contributed by atoms with van der Waals surface area (Å²) < 4.78 is 11.0. The predicted octanol–water partition coefficient (Wildman–Crippen LogP) is 4.18. The van der Waals surface area contributed by atoms with E-state index in [4.69, 9.17) is 32.4 Å². The Morgan fingerprint density at radius 3 is 2.40 bits per heavy atom. The van der Waals surface area contributed by atoms with Crippen molar-refractivity contribution < 1.29 is 18.7 Å². The zero-order chi connectivity index (χ0) is 21.9. The van der Waals surface area contributed by atoms with Gasteiger partial charge < -0.3 is 19.0 Å². The largest absolute Gasteiger partial charge is 0.464 e. The van der Waals surface area contributed by atoms with Gasteiger partial charge >= 0.3 is 0 Å². The van der Waals surface area contributed by atoms with E-state index in [2.05, 4.69) is 0 Å². The van der Waals surface area contributed by atoms with Gasteiger partial charge in [-0.2, -0.15) is 0 Å². The van der Waals surface area contributed by atoms with Gasteiger partial charge in [-0.25, -0.2) is 0 Å². The number of nitrogens with zero attached hydrogens (tertiary/aromatic N) is 2. The van der Waals surface area contributed by atoms with Crippen LogP contribution >= 0.6 is 23.2 Å². The number of benzene rings is 1. The SMILES string of the molecule is CCOCCCN(CC(=O)N(Cc1ccccc1)Cc1ccc(C)o1)C(=O)C(Cl)Cl. The Hall–Kier alpha value is -2.02. The van der Waals surface area contributed by atoms with Crippen LogP contribution in [0.25, 0.3) is 0 Å². The number of halogens is 2. The summed E-state index contributed by atoms with van der Waals surface area (Å²) in [6.45, 7) is 5.74. The van der Waals surface area contributed by atoms with Crippen LogP contribution in [0.15, 0.2) is 46.9 Å². The third kappa shape index (κ3) is 8.01. The van der Waals surface area contributed by atoms with Crippen molar-refractivity contribution in [3.05, 3.63) is 59.5 Å². The molecular formula is C22H28Cl2N2O4. The molecule has 0 saturated carbocycles. The number of aryl methyl sites for hydroxylation is 1. The molecule has 0 fully saturated rings. The van der Waals surface area contributed by atoms with Crippen LogP contribution in [0.3, 0.4) is 0 Å². The Morgan fingerprint density at radius 2 is 1.80 bits per heavy atom. The molecule has 0 saturated heterocycles. The normalized spacial score (nSPS) is 11.0. The molecule has 1 heterocycles. The van der Waals surface area contributed by atoms with E-state index >= 15 is 0 Å². The summed E-state index contributed by atoms with van der Waals surface area (Å²) in [5.41, 5.74) is 0.982. The van der Waals surface area contributed by atoms with Crippen molar-refractivity contribution in [3.63, 3.8) is 0 Å². The average molecular weight is 455 g/mol. The van der Waals surface area contributed by atoms with Crippen molar-refractivity contribution in [1.82, 2.24) is 9.80 Å². The highest BCUT2D eigenvalue weighted by molar-refractivity contribution is 6.53. The van der Waals surface area contributed by atoms with Crippen molar-refractivity contribution in [2.75, 3.05) is 26.3 Å². The van der Waals surface area contributed by atoms with E-state index < -0.39 is 10.7 Å². The topological polar surface area (TPSA) is 63.0 Å². The molecule has 0 aliphatic rings. The zero-order valence-electron chi connectivity index (χ0n) is 17.4. The second-order valence-electron chi connectivity index (χ2n) is 6.86. The summed E-state index contributed by atoms with van der Waals surface area (Å²) in [4.78, 5) is 27.4. The lowest BCUT2D eigenvalue weighted by atomic mass is 10.2. The monoisotopic (exact) mass is 454 g/mol. The first-order valence-electron chi connectivity index (χ1n) is 9.92. The van der Waals surface area contributed by atoms with E-state index in [1.54, 1.807) is 4.90 Å². The van der Waals surface area contributed by atoms with Crippen molar-refractivity contribution in [2.45, 2.75) is 38.2 Å². The molecule has 1 aromatic carbocycles. The first kappa shape index (κ1) is 24.3. The fourth-order valence-corrected chi connectivity index (χ4v) is 3.24. The fourth-order valence-electron chi connectivity index (χ4n) is 2.96. The molecule has 1 aromatic heterocycles. The number of hydrogen-bond acceptors (Lipinski definition) is 4. The lowest BCUT2D eigenvalue weighted by Crippen LogP contribution is -2.44. The first-order chi connectivity index (χ1) is 14.4. The number of carbonyl (C=O) groups is 2. The quantitative estimate of drug-likeness (QED) is 0.356. The molecule has 0 bridgehead atoms. The Morgan fingerprint density at radius 1 is 1.07 bits per heavy atom. The lowest BCUT2D eigenvalue weighted by Gasteiger charge is -2.27. The summed E-state index contributed by atoms with van der Waals surface area (Å²) in [6.07, 6.45) is 0.587. The predicted molar refractivity (Wildman–Crippen MR) is 117 cm³/mol. The number of hydrogen-bond donors (Lipinski definition) is 0. The molecule has 0 atom stereocenters. The highest BCUT2D eigenvalue weighted by atomic mass is 35.5. The summed E-state index contributed by atoms with van der Waals surface area (Å²) in [5.74, 6) is 0.749. The van der Waals surface area contributed by atoms with E-state index in [1.807, 2.05) is 56.3 Å². The number of rotatable bonds is 12. The van der Waals surface area contributed by atoms with Gasteiger partial charge in [-0.05, 0) is 38.0 Å². The molecular weight excluding hydrogens is 427 g/mol. The third-order valence-corrected chi connectivity index (χ3v) is 4.83.